The first-order valence-corrected chi connectivity index (χ1v) is 4.50. The summed E-state index contributed by atoms with van der Waals surface area (Å²) in [5.41, 5.74) is 1.06. The smallest absolute Gasteiger partial charge is 0.150 e. The molecule has 0 fully saturated rings. The lowest BCUT2D eigenvalue weighted by atomic mass is 9.93. The molecule has 0 saturated carbocycles. The number of aldehydes is 1. The highest BCUT2D eigenvalue weighted by Crippen LogP contribution is 2.33. The molecule has 0 amide bonds. The Morgan fingerprint density at radius 1 is 1.50 bits per heavy atom. The maximum Gasteiger partial charge on any atom is 0.150 e. The summed E-state index contributed by atoms with van der Waals surface area (Å²) in [5.74, 6) is 0.781. The lowest BCUT2D eigenvalue weighted by Crippen LogP contribution is -2.33. The van der Waals surface area contributed by atoms with Gasteiger partial charge in [0, 0.05) is 11.1 Å². The number of rotatable bonds is 1. The third-order valence-electron chi connectivity index (χ3n) is 2.36. The van der Waals surface area contributed by atoms with E-state index in [2.05, 4.69) is 6.07 Å². The van der Waals surface area contributed by atoms with Gasteiger partial charge < -0.3 is 4.74 Å². The first kappa shape index (κ1) is 9.00. The topological polar surface area (TPSA) is 26.3 Å². The molecule has 2 heteroatoms. The minimum atomic E-state index is -0.538. The highest BCUT2D eigenvalue weighted by molar-refractivity contribution is 5.86. The van der Waals surface area contributed by atoms with Crippen molar-refractivity contribution < 1.29 is 9.53 Å². The monoisotopic (exact) mass is 187 g/mol. The third kappa shape index (κ3) is 1.33. The summed E-state index contributed by atoms with van der Waals surface area (Å²) in [6, 6.07) is 8.42. The highest BCUT2D eigenvalue weighted by Gasteiger charge is 2.29. The molecule has 1 radical (unpaired) electrons. The zero-order valence-electron chi connectivity index (χ0n) is 8.20. The van der Waals surface area contributed by atoms with Gasteiger partial charge >= 0.3 is 0 Å². The van der Waals surface area contributed by atoms with Crippen LogP contribution in [0.5, 0.6) is 5.75 Å². The lowest BCUT2D eigenvalue weighted by molar-refractivity contribution is -0.106. The molecule has 1 aromatic carbocycles. The van der Waals surface area contributed by atoms with Gasteiger partial charge in [0.2, 0.25) is 0 Å². The molecule has 14 heavy (non-hydrogen) atoms. The predicted octanol–water partition coefficient (Wildman–Crippen LogP) is 2.24. The van der Waals surface area contributed by atoms with Gasteiger partial charge in [-0.3, -0.25) is 4.79 Å². The maximum absolute atomic E-state index is 10.8. The Hall–Kier alpha value is -1.57. The summed E-state index contributed by atoms with van der Waals surface area (Å²) in [5, 5.41) is 0. The molecule has 0 atom stereocenters. The minimum Gasteiger partial charge on any atom is -0.482 e. The average molecular weight is 187 g/mol. The van der Waals surface area contributed by atoms with E-state index in [1.165, 1.54) is 0 Å². The van der Waals surface area contributed by atoms with Crippen molar-refractivity contribution in [3.05, 3.63) is 35.4 Å². The number of carbonyl (C=O) groups excluding carboxylic acids is 1. The zero-order valence-corrected chi connectivity index (χ0v) is 8.20. The van der Waals surface area contributed by atoms with Crippen molar-refractivity contribution in [3.63, 3.8) is 0 Å². The fraction of sp³-hybridized carbons (Fsp3) is 0.250. The number of hydrogen-bond donors (Lipinski definition) is 0. The molecule has 0 N–H and O–H groups in total. The zero-order chi connectivity index (χ0) is 10.2. The van der Waals surface area contributed by atoms with Crippen LogP contribution in [-0.2, 0) is 4.79 Å². The molecule has 1 aromatic rings. The van der Waals surface area contributed by atoms with E-state index >= 15 is 0 Å². The number of ether oxygens (including phenoxy) is 1. The van der Waals surface area contributed by atoms with Crippen LogP contribution in [0.4, 0.5) is 0 Å². The second-order valence-electron chi connectivity index (χ2n) is 3.79. The normalized spacial score (nSPS) is 17.7. The summed E-state index contributed by atoms with van der Waals surface area (Å²) in [6.45, 7) is 3.76. The van der Waals surface area contributed by atoms with E-state index in [4.69, 9.17) is 4.74 Å². The van der Waals surface area contributed by atoms with Crippen molar-refractivity contribution >= 4 is 12.4 Å². The van der Waals surface area contributed by atoms with Crippen LogP contribution in [-0.4, -0.2) is 11.9 Å². The fourth-order valence-corrected chi connectivity index (χ4v) is 1.49. The van der Waals surface area contributed by atoms with E-state index in [1.54, 1.807) is 12.1 Å². The Labute approximate surface area is 83.2 Å². The number of carbonyl (C=O) groups is 1. The molecule has 0 bridgehead atoms. The van der Waals surface area contributed by atoms with Crippen LogP contribution in [0.1, 0.15) is 19.4 Å². The van der Waals surface area contributed by atoms with Gasteiger partial charge in [0.15, 0.2) is 0 Å². The molecular formula is C12H11O2. The van der Waals surface area contributed by atoms with Crippen molar-refractivity contribution in [1.29, 1.82) is 0 Å². The SMILES string of the molecule is CC1(C)Oc2c[c]ccc2C=C1C=O. The largest absolute Gasteiger partial charge is 0.482 e. The van der Waals surface area contributed by atoms with Gasteiger partial charge in [0.1, 0.15) is 17.6 Å². The molecule has 0 saturated heterocycles. The Morgan fingerprint density at radius 2 is 2.29 bits per heavy atom. The van der Waals surface area contributed by atoms with E-state index in [1.807, 2.05) is 26.0 Å². The van der Waals surface area contributed by atoms with E-state index in [-0.39, 0.29) is 0 Å². The number of benzene rings is 1. The van der Waals surface area contributed by atoms with Crippen LogP contribution in [0.15, 0.2) is 23.8 Å². The molecule has 0 aromatic heterocycles. The maximum atomic E-state index is 10.8. The van der Waals surface area contributed by atoms with E-state index in [0.29, 0.717) is 5.57 Å². The van der Waals surface area contributed by atoms with Gasteiger partial charge in [-0.2, -0.15) is 0 Å². The van der Waals surface area contributed by atoms with Crippen LogP contribution in [0.25, 0.3) is 6.08 Å². The Morgan fingerprint density at radius 3 is 3.00 bits per heavy atom. The molecule has 0 unspecified atom stereocenters. The number of fused-ring (bicyclic) bond motifs is 1. The molecule has 1 aliphatic heterocycles. The Kier molecular flexibility index (Phi) is 1.92. The molecule has 2 rings (SSSR count). The molecule has 71 valence electrons. The van der Waals surface area contributed by atoms with Crippen molar-refractivity contribution in [2.75, 3.05) is 0 Å². The molecule has 0 spiro atoms. The van der Waals surface area contributed by atoms with E-state index < -0.39 is 5.60 Å². The molecule has 1 aliphatic rings. The second kappa shape index (κ2) is 2.98. The van der Waals surface area contributed by atoms with Crippen LogP contribution in [0, 0.1) is 6.07 Å². The third-order valence-corrected chi connectivity index (χ3v) is 2.36. The standard InChI is InChI=1S/C12H11O2/c1-12(2)10(8-13)7-9-5-3-4-6-11(9)14-12/h3,5-8H,1-2H3. The van der Waals surface area contributed by atoms with Crippen molar-refractivity contribution in [3.8, 4) is 5.75 Å². The molecular weight excluding hydrogens is 176 g/mol. The highest BCUT2D eigenvalue weighted by atomic mass is 16.5. The Balaban J connectivity index is 2.55. The van der Waals surface area contributed by atoms with Gasteiger partial charge in [-0.25, -0.2) is 0 Å². The Bertz CT molecular complexity index is 403. The summed E-state index contributed by atoms with van der Waals surface area (Å²) in [4.78, 5) is 10.8. The first-order chi connectivity index (χ1) is 6.63. The van der Waals surface area contributed by atoms with Crippen LogP contribution in [0.3, 0.4) is 0 Å². The fourth-order valence-electron chi connectivity index (χ4n) is 1.49. The number of hydrogen-bond acceptors (Lipinski definition) is 2. The van der Waals surface area contributed by atoms with Gasteiger partial charge in [-0.1, -0.05) is 12.1 Å². The first-order valence-electron chi connectivity index (χ1n) is 4.50. The van der Waals surface area contributed by atoms with Crippen LogP contribution in [0.2, 0.25) is 0 Å². The van der Waals surface area contributed by atoms with Gasteiger partial charge in [-0.05, 0) is 32.1 Å². The van der Waals surface area contributed by atoms with Gasteiger partial charge in [-0.15, -0.1) is 0 Å². The van der Waals surface area contributed by atoms with Gasteiger partial charge in [0.25, 0.3) is 0 Å². The van der Waals surface area contributed by atoms with E-state index in [9.17, 15) is 4.79 Å². The summed E-state index contributed by atoms with van der Waals surface area (Å²) in [6.07, 6.45) is 2.71. The minimum absolute atomic E-state index is 0.538. The summed E-state index contributed by atoms with van der Waals surface area (Å²) >= 11 is 0. The van der Waals surface area contributed by atoms with Crippen molar-refractivity contribution in [2.24, 2.45) is 0 Å². The quantitative estimate of drug-likeness (QED) is 0.630. The summed E-state index contributed by atoms with van der Waals surface area (Å²) < 4.78 is 5.69. The second-order valence-corrected chi connectivity index (χ2v) is 3.79. The van der Waals surface area contributed by atoms with Crippen molar-refractivity contribution in [2.45, 2.75) is 19.4 Å². The molecule has 2 nitrogen and oxygen atoms in total. The molecule has 1 heterocycles. The van der Waals surface area contributed by atoms with Crippen LogP contribution < -0.4 is 4.74 Å². The lowest BCUT2D eigenvalue weighted by Gasteiger charge is -2.31. The van der Waals surface area contributed by atoms with Gasteiger partial charge in [0.05, 0.1) is 0 Å². The average Bonchev–Trinajstić information content (AvgIpc) is 2.15. The molecule has 0 aliphatic carbocycles. The summed E-state index contributed by atoms with van der Waals surface area (Å²) in [7, 11) is 0. The van der Waals surface area contributed by atoms with E-state index in [0.717, 1.165) is 17.6 Å². The van der Waals surface area contributed by atoms with Crippen LogP contribution >= 0.6 is 0 Å². The van der Waals surface area contributed by atoms with Crippen molar-refractivity contribution in [1.82, 2.24) is 0 Å². The predicted molar refractivity (Wildman–Crippen MR) is 54.0 cm³/mol.